The molecule has 0 amide bonds. The summed E-state index contributed by atoms with van der Waals surface area (Å²) in [6.07, 6.45) is 3.23. The van der Waals surface area contributed by atoms with Gasteiger partial charge in [0, 0.05) is 29.2 Å². The Morgan fingerprint density at radius 3 is 2.91 bits per heavy atom. The van der Waals surface area contributed by atoms with Crippen molar-refractivity contribution in [3.05, 3.63) is 70.2 Å². The van der Waals surface area contributed by atoms with Crippen molar-refractivity contribution in [2.24, 2.45) is 0 Å². The predicted octanol–water partition coefficient (Wildman–Crippen LogP) is 3.10. The summed E-state index contributed by atoms with van der Waals surface area (Å²) in [4.78, 5) is 15.9. The highest BCUT2D eigenvalue weighted by atomic mass is 32.2. The monoisotopic (exact) mass is 513 g/mol. The summed E-state index contributed by atoms with van der Waals surface area (Å²) in [5, 5.41) is 3.32. The van der Waals surface area contributed by atoms with E-state index < -0.39 is 32.5 Å². The summed E-state index contributed by atoms with van der Waals surface area (Å²) in [5.41, 5.74) is 1.59. The van der Waals surface area contributed by atoms with Gasteiger partial charge in [-0.15, -0.1) is 0 Å². The molecule has 0 aliphatic carbocycles. The van der Waals surface area contributed by atoms with Gasteiger partial charge in [0.2, 0.25) is 5.13 Å². The van der Waals surface area contributed by atoms with Crippen LogP contribution in [0.25, 0.3) is 11.1 Å². The quantitative estimate of drug-likeness (QED) is 0.394. The van der Waals surface area contributed by atoms with Gasteiger partial charge in [0.25, 0.3) is 10.0 Å². The van der Waals surface area contributed by atoms with Gasteiger partial charge in [-0.3, -0.25) is 9.29 Å². The molecule has 1 saturated heterocycles. The number of anilines is 1. The molecule has 2 N–H and O–H groups in total. The van der Waals surface area contributed by atoms with Crippen molar-refractivity contribution in [2.45, 2.75) is 36.7 Å². The van der Waals surface area contributed by atoms with Gasteiger partial charge in [0.15, 0.2) is 5.58 Å². The van der Waals surface area contributed by atoms with Gasteiger partial charge in [-0.05, 0) is 37.9 Å². The normalized spacial score (nSPS) is 16.7. The van der Waals surface area contributed by atoms with Crippen LogP contribution in [0.1, 0.15) is 36.9 Å². The van der Waals surface area contributed by atoms with Gasteiger partial charge in [-0.1, -0.05) is 30.0 Å². The van der Waals surface area contributed by atoms with Crippen molar-refractivity contribution < 1.29 is 17.2 Å². The number of aromatic nitrogens is 3. The summed E-state index contributed by atoms with van der Waals surface area (Å²) in [6.45, 7) is 2.72. The van der Waals surface area contributed by atoms with E-state index in [9.17, 15) is 13.2 Å². The predicted molar refractivity (Wildman–Crippen MR) is 129 cm³/mol. The van der Waals surface area contributed by atoms with Crippen molar-refractivity contribution in [1.29, 1.82) is 0 Å². The van der Waals surface area contributed by atoms with Crippen LogP contribution in [-0.2, 0) is 10.0 Å². The Bertz CT molecular complexity index is 1610. The van der Waals surface area contributed by atoms with Crippen LogP contribution >= 0.6 is 11.5 Å². The second-order valence-corrected chi connectivity index (χ2v) is 10.5. The van der Waals surface area contributed by atoms with Gasteiger partial charge < -0.3 is 9.73 Å². The Labute approximate surface area is 204 Å². The lowest BCUT2D eigenvalue weighted by Crippen LogP contribution is -2.20. The number of rotatable bonds is 5. The summed E-state index contributed by atoms with van der Waals surface area (Å²) in [5.74, 6) is 4.66. The van der Waals surface area contributed by atoms with Crippen LogP contribution in [0.2, 0.25) is 0 Å². The first-order valence-electron chi connectivity index (χ1n) is 10.8. The molecule has 1 aliphatic rings. The molecule has 35 heavy (non-hydrogen) atoms. The lowest BCUT2D eigenvalue weighted by Gasteiger charge is -2.15. The number of oxazole rings is 1. The molecule has 12 heteroatoms. The van der Waals surface area contributed by atoms with Crippen LogP contribution in [-0.4, -0.2) is 34.9 Å². The van der Waals surface area contributed by atoms with Crippen molar-refractivity contribution in [2.75, 3.05) is 11.3 Å². The molecule has 9 nitrogen and oxygen atoms in total. The molecular weight excluding hydrogens is 493 g/mol. The molecule has 1 aliphatic heterocycles. The molecule has 5 rings (SSSR count). The van der Waals surface area contributed by atoms with E-state index in [-0.39, 0.29) is 22.3 Å². The van der Waals surface area contributed by atoms with E-state index in [0.29, 0.717) is 0 Å². The summed E-state index contributed by atoms with van der Waals surface area (Å²) < 4.78 is 52.9. The third kappa shape index (κ3) is 4.58. The molecule has 2 aromatic carbocycles. The van der Waals surface area contributed by atoms with Crippen molar-refractivity contribution in [3.63, 3.8) is 0 Å². The number of nitrogens with one attached hydrogen (secondary N) is 2. The minimum atomic E-state index is -4.32. The first kappa shape index (κ1) is 23.2. The second kappa shape index (κ2) is 9.26. The first-order valence-corrected chi connectivity index (χ1v) is 13.1. The van der Waals surface area contributed by atoms with Crippen LogP contribution < -0.4 is 15.8 Å². The Balaban J connectivity index is 1.54. The van der Waals surface area contributed by atoms with E-state index in [4.69, 9.17) is 4.42 Å². The number of hydrogen-bond acceptors (Lipinski definition) is 8. The molecule has 1 fully saturated rings. The smallest absolute Gasteiger partial charge is 0.408 e. The van der Waals surface area contributed by atoms with E-state index >= 15 is 4.39 Å². The fraction of sp³-hybridized carbons (Fsp3) is 0.261. The van der Waals surface area contributed by atoms with Crippen molar-refractivity contribution in [3.8, 4) is 11.8 Å². The minimum absolute atomic E-state index is 0.0114. The standard InChI is InChI=1S/C23H20FN5O4S2/c1-14(17-7-3-2-5-15(17)8-9-16-6-4-10-25-16)29-19-11-18(24)21(12-20(19)33-23(29)30)35(31,32)28-22-26-13-27-34-22/h2-3,5,7,11-14,16,25H,4,6,10H2,1H3,(H,26,27,28)/t14-,16-/m1/s1. The average molecular weight is 514 g/mol. The topological polar surface area (TPSA) is 119 Å². The van der Waals surface area contributed by atoms with Crippen LogP contribution in [0, 0.1) is 17.7 Å². The van der Waals surface area contributed by atoms with Gasteiger partial charge in [-0.25, -0.2) is 22.6 Å². The zero-order valence-electron chi connectivity index (χ0n) is 18.5. The zero-order valence-corrected chi connectivity index (χ0v) is 20.1. The van der Waals surface area contributed by atoms with E-state index in [1.807, 2.05) is 24.3 Å². The maximum Gasteiger partial charge on any atom is 0.420 e. The number of benzene rings is 2. The maximum atomic E-state index is 15.0. The van der Waals surface area contributed by atoms with Crippen molar-refractivity contribution in [1.82, 2.24) is 19.2 Å². The molecule has 4 aromatic rings. The van der Waals surface area contributed by atoms with Crippen LogP contribution in [0.5, 0.6) is 0 Å². The number of hydrogen-bond donors (Lipinski definition) is 2. The van der Waals surface area contributed by atoms with E-state index in [1.54, 1.807) is 6.92 Å². The molecule has 0 bridgehead atoms. The average Bonchev–Trinajstić information content (AvgIpc) is 3.58. The summed E-state index contributed by atoms with van der Waals surface area (Å²) in [7, 11) is -4.32. The molecular formula is C23H20FN5O4S2. The van der Waals surface area contributed by atoms with Gasteiger partial charge in [0.05, 0.1) is 17.6 Å². The SMILES string of the molecule is C[C@H](c1ccccc1C#C[C@H]1CCCN1)n1c(=O)oc2cc(S(=O)(=O)Nc3ncns3)c(F)cc21. The fourth-order valence-electron chi connectivity index (χ4n) is 4.08. The third-order valence-electron chi connectivity index (χ3n) is 5.78. The van der Waals surface area contributed by atoms with Gasteiger partial charge in [-0.2, -0.15) is 4.37 Å². The fourth-order valence-corrected chi connectivity index (χ4v) is 5.82. The Hall–Kier alpha value is -3.53. The lowest BCUT2D eigenvalue weighted by atomic mass is 10.0. The molecule has 2 aromatic heterocycles. The molecule has 0 spiro atoms. The van der Waals surface area contributed by atoms with Crippen LogP contribution in [0.4, 0.5) is 9.52 Å². The summed E-state index contributed by atoms with van der Waals surface area (Å²) >= 11 is 0.809. The van der Waals surface area contributed by atoms with Crippen LogP contribution in [0.15, 0.2) is 56.8 Å². The van der Waals surface area contributed by atoms with Crippen molar-refractivity contribution >= 4 is 37.8 Å². The number of fused-ring (bicyclic) bond motifs is 1. The lowest BCUT2D eigenvalue weighted by molar-refractivity contribution is 0.489. The Morgan fingerprint density at radius 2 is 2.17 bits per heavy atom. The molecule has 0 saturated carbocycles. The first-order chi connectivity index (χ1) is 16.8. The highest BCUT2D eigenvalue weighted by Crippen LogP contribution is 2.29. The Morgan fingerprint density at radius 1 is 1.34 bits per heavy atom. The van der Waals surface area contributed by atoms with E-state index in [1.165, 1.54) is 10.9 Å². The number of halogens is 1. The molecule has 3 heterocycles. The summed E-state index contributed by atoms with van der Waals surface area (Å²) in [6, 6.07) is 8.97. The third-order valence-corrected chi connectivity index (χ3v) is 7.84. The molecule has 0 unspecified atom stereocenters. The number of nitrogens with zero attached hydrogens (tertiary/aromatic N) is 3. The van der Waals surface area contributed by atoms with Crippen LogP contribution in [0.3, 0.4) is 0 Å². The van der Waals surface area contributed by atoms with Gasteiger partial charge in [0.1, 0.15) is 17.0 Å². The molecule has 180 valence electrons. The van der Waals surface area contributed by atoms with E-state index in [0.717, 1.165) is 54.2 Å². The van der Waals surface area contributed by atoms with Gasteiger partial charge >= 0.3 is 5.76 Å². The second-order valence-electron chi connectivity index (χ2n) is 8.02. The highest BCUT2D eigenvalue weighted by molar-refractivity contribution is 7.93. The maximum absolute atomic E-state index is 15.0. The molecule has 2 atom stereocenters. The largest absolute Gasteiger partial charge is 0.420 e. The number of sulfonamides is 1. The Kier molecular flexibility index (Phi) is 6.14. The molecule has 0 radical (unpaired) electrons. The minimum Gasteiger partial charge on any atom is -0.408 e. The zero-order chi connectivity index (χ0) is 24.6. The highest BCUT2D eigenvalue weighted by Gasteiger charge is 2.26. The van der Waals surface area contributed by atoms with E-state index in [2.05, 4.69) is 31.2 Å².